The second-order valence-electron chi connectivity index (χ2n) is 11.9. The number of sulfonamides is 1. The van der Waals surface area contributed by atoms with E-state index in [0.29, 0.717) is 31.9 Å². The molecule has 224 valence electrons. The first kappa shape index (κ1) is 30.1. The Hall–Kier alpha value is -2.37. The molecule has 0 unspecified atom stereocenters. The van der Waals surface area contributed by atoms with E-state index in [9.17, 15) is 23.4 Å². The number of anilines is 1. The van der Waals surface area contributed by atoms with Gasteiger partial charge in [-0.15, -0.1) is 0 Å². The van der Waals surface area contributed by atoms with Gasteiger partial charge >= 0.3 is 5.97 Å². The van der Waals surface area contributed by atoms with Crippen molar-refractivity contribution in [1.82, 2.24) is 0 Å². The second-order valence-corrected chi connectivity index (χ2v) is 14.3. The summed E-state index contributed by atoms with van der Waals surface area (Å²) in [6, 6.07) is 11.1. The molecule has 0 aromatic heterocycles. The SMILES string of the molecule is C[C@H](COCC[C@H](O)[C@@H]1CC[C@H]1CN1C[C@@]2(CCCc3cc(Cl)ccc32)COc2ccc(C(=O)O)cc21)S(N)(=O)=O. The summed E-state index contributed by atoms with van der Waals surface area (Å²) >= 11 is 6.34. The lowest BCUT2D eigenvalue weighted by atomic mass is 9.68. The lowest BCUT2D eigenvalue weighted by Crippen LogP contribution is -2.49. The third-order valence-electron chi connectivity index (χ3n) is 9.18. The normalized spacial score (nSPS) is 25.3. The number of nitrogens with zero attached hydrogens (tertiary/aromatic N) is 1. The molecule has 0 bridgehead atoms. The molecule has 1 spiro atoms. The molecular weight excluding hydrogens is 568 g/mol. The van der Waals surface area contributed by atoms with E-state index >= 15 is 0 Å². The predicted molar refractivity (Wildman–Crippen MR) is 157 cm³/mol. The zero-order chi connectivity index (χ0) is 29.4. The number of carboxylic acid groups (broad SMARTS) is 1. The first-order valence-corrected chi connectivity index (χ1v) is 16.3. The van der Waals surface area contributed by atoms with Crippen molar-refractivity contribution in [3.63, 3.8) is 0 Å². The summed E-state index contributed by atoms with van der Waals surface area (Å²) in [5, 5.41) is 25.8. The van der Waals surface area contributed by atoms with Crippen LogP contribution in [0.15, 0.2) is 36.4 Å². The molecule has 9 nitrogen and oxygen atoms in total. The molecule has 2 aliphatic carbocycles. The Bertz CT molecular complexity index is 1390. The summed E-state index contributed by atoms with van der Waals surface area (Å²) in [6.45, 7) is 3.56. The maximum atomic E-state index is 11.9. The van der Waals surface area contributed by atoms with Crippen LogP contribution in [0, 0.1) is 11.8 Å². The van der Waals surface area contributed by atoms with Crippen molar-refractivity contribution < 1.29 is 32.9 Å². The minimum absolute atomic E-state index is 0.00904. The van der Waals surface area contributed by atoms with Crippen molar-refractivity contribution in [2.45, 2.75) is 62.2 Å². The summed E-state index contributed by atoms with van der Waals surface area (Å²) in [5.41, 5.74) is 3.17. The number of carboxylic acids is 1. The van der Waals surface area contributed by atoms with Gasteiger partial charge in [-0.25, -0.2) is 18.4 Å². The van der Waals surface area contributed by atoms with Crippen LogP contribution in [0.1, 0.15) is 60.5 Å². The molecule has 0 radical (unpaired) electrons. The van der Waals surface area contributed by atoms with Gasteiger partial charge in [-0.1, -0.05) is 17.7 Å². The van der Waals surface area contributed by atoms with E-state index in [1.807, 2.05) is 12.1 Å². The van der Waals surface area contributed by atoms with E-state index in [-0.39, 0.29) is 36.0 Å². The van der Waals surface area contributed by atoms with Gasteiger partial charge in [0, 0.05) is 30.1 Å². The fourth-order valence-electron chi connectivity index (χ4n) is 6.62. The lowest BCUT2D eigenvalue weighted by Gasteiger charge is -2.45. The maximum absolute atomic E-state index is 11.9. The summed E-state index contributed by atoms with van der Waals surface area (Å²) < 4.78 is 34.8. The predicted octanol–water partition coefficient (Wildman–Crippen LogP) is 3.98. The number of benzene rings is 2. The topological polar surface area (TPSA) is 139 Å². The molecular formula is C30H39ClN2O7S. The summed E-state index contributed by atoms with van der Waals surface area (Å²) in [7, 11) is -3.65. The molecule has 2 aromatic carbocycles. The average Bonchev–Trinajstić information content (AvgIpc) is 3.05. The number of nitrogens with two attached hydrogens (primary N) is 1. The number of hydrogen-bond acceptors (Lipinski definition) is 7. The molecule has 3 aliphatic rings. The fourth-order valence-corrected chi connectivity index (χ4v) is 7.10. The molecule has 1 saturated carbocycles. The third-order valence-corrected chi connectivity index (χ3v) is 10.7. The minimum atomic E-state index is -3.65. The van der Waals surface area contributed by atoms with Crippen LogP contribution in [0.3, 0.4) is 0 Å². The molecule has 41 heavy (non-hydrogen) atoms. The number of aliphatic hydroxyl groups is 1. The van der Waals surface area contributed by atoms with Gasteiger partial charge < -0.3 is 24.6 Å². The third kappa shape index (κ3) is 6.51. The zero-order valence-corrected chi connectivity index (χ0v) is 24.9. The van der Waals surface area contributed by atoms with Crippen LogP contribution in [-0.4, -0.2) is 68.9 Å². The Morgan fingerprint density at radius 1 is 1.27 bits per heavy atom. The monoisotopic (exact) mass is 606 g/mol. The molecule has 1 aliphatic heterocycles. The minimum Gasteiger partial charge on any atom is -0.490 e. The number of ether oxygens (including phenoxy) is 2. The number of hydrogen-bond donors (Lipinski definition) is 3. The molecule has 0 saturated heterocycles. The van der Waals surface area contributed by atoms with Crippen LogP contribution >= 0.6 is 11.6 Å². The van der Waals surface area contributed by atoms with Crippen molar-refractivity contribution in [1.29, 1.82) is 0 Å². The van der Waals surface area contributed by atoms with E-state index in [4.69, 9.17) is 26.2 Å². The number of rotatable bonds is 10. The quantitative estimate of drug-likeness (QED) is 0.345. The highest BCUT2D eigenvalue weighted by Gasteiger charge is 2.44. The highest BCUT2D eigenvalue weighted by molar-refractivity contribution is 7.89. The van der Waals surface area contributed by atoms with Gasteiger partial charge in [0.05, 0.1) is 35.8 Å². The first-order chi connectivity index (χ1) is 19.5. The van der Waals surface area contributed by atoms with Gasteiger partial charge in [0.1, 0.15) is 5.75 Å². The van der Waals surface area contributed by atoms with Crippen molar-refractivity contribution in [2.75, 3.05) is 37.8 Å². The standard InChI is InChI=1S/C30H39ClN2O7S/c1-19(41(32,37)38)16-39-12-10-27(34)24-7-4-22(24)15-33-17-30(11-2-3-20-13-23(31)6-8-25(20)30)18-40-28-9-5-21(29(35)36)14-26(28)33/h5-6,8-9,13-14,19,22,24,27,34H,2-4,7,10-12,15-18H2,1H3,(H,35,36)(H2,32,37,38)/t19-,22+,24-,27+,30+/m1/s1. The van der Waals surface area contributed by atoms with Gasteiger partial charge in [0.15, 0.2) is 0 Å². The number of carbonyl (C=O) groups is 1. The number of halogens is 1. The van der Waals surface area contributed by atoms with Gasteiger partial charge in [-0.05, 0) is 98.7 Å². The Morgan fingerprint density at radius 2 is 2.07 bits per heavy atom. The first-order valence-electron chi connectivity index (χ1n) is 14.3. The van der Waals surface area contributed by atoms with Crippen molar-refractivity contribution in [2.24, 2.45) is 17.0 Å². The number of fused-ring (bicyclic) bond motifs is 3. The Morgan fingerprint density at radius 3 is 2.78 bits per heavy atom. The molecule has 0 amide bonds. The molecule has 5 rings (SSSR count). The second kappa shape index (κ2) is 12.1. The van der Waals surface area contributed by atoms with Crippen LogP contribution in [-0.2, 0) is 26.6 Å². The van der Waals surface area contributed by atoms with Crippen molar-refractivity contribution >= 4 is 33.3 Å². The van der Waals surface area contributed by atoms with E-state index < -0.39 is 27.3 Å². The number of aliphatic hydroxyl groups excluding tert-OH is 1. The zero-order valence-electron chi connectivity index (χ0n) is 23.3. The van der Waals surface area contributed by atoms with Crippen molar-refractivity contribution in [3.05, 3.63) is 58.1 Å². The molecule has 2 aromatic rings. The number of aromatic carboxylic acids is 1. The fraction of sp³-hybridized carbons (Fsp3) is 0.567. The highest BCUT2D eigenvalue weighted by Crippen LogP contribution is 2.46. The van der Waals surface area contributed by atoms with Crippen LogP contribution in [0.2, 0.25) is 5.02 Å². The van der Waals surface area contributed by atoms with Gasteiger partial charge in [-0.3, -0.25) is 0 Å². The van der Waals surface area contributed by atoms with Crippen LogP contribution in [0.5, 0.6) is 5.75 Å². The maximum Gasteiger partial charge on any atom is 0.335 e. The number of aryl methyl sites for hydroxylation is 1. The summed E-state index contributed by atoms with van der Waals surface area (Å²) in [4.78, 5) is 14.1. The Balaban J connectivity index is 1.34. The smallest absolute Gasteiger partial charge is 0.335 e. The number of primary sulfonamides is 1. The van der Waals surface area contributed by atoms with Crippen LogP contribution in [0.4, 0.5) is 5.69 Å². The summed E-state index contributed by atoms with van der Waals surface area (Å²) in [5.74, 6) is -0.0455. The Labute approximate surface area is 246 Å². The van der Waals surface area contributed by atoms with Crippen LogP contribution < -0.4 is 14.8 Å². The molecule has 4 N–H and O–H groups in total. The summed E-state index contributed by atoms with van der Waals surface area (Å²) in [6.07, 6.45) is 4.58. The average molecular weight is 607 g/mol. The Kier molecular flexibility index (Phi) is 8.87. The van der Waals surface area contributed by atoms with E-state index in [1.54, 1.807) is 18.2 Å². The van der Waals surface area contributed by atoms with E-state index in [0.717, 1.165) is 42.8 Å². The van der Waals surface area contributed by atoms with Crippen LogP contribution in [0.25, 0.3) is 0 Å². The molecule has 1 fully saturated rings. The van der Waals surface area contributed by atoms with E-state index in [2.05, 4.69) is 11.0 Å². The van der Waals surface area contributed by atoms with Gasteiger partial charge in [0.2, 0.25) is 10.0 Å². The molecule has 1 heterocycles. The highest BCUT2D eigenvalue weighted by atomic mass is 35.5. The lowest BCUT2D eigenvalue weighted by molar-refractivity contribution is -0.00810. The van der Waals surface area contributed by atoms with E-state index in [1.165, 1.54) is 18.1 Å². The van der Waals surface area contributed by atoms with Crippen molar-refractivity contribution in [3.8, 4) is 5.75 Å². The molecule has 5 atom stereocenters. The van der Waals surface area contributed by atoms with Gasteiger partial charge in [0.25, 0.3) is 0 Å². The largest absolute Gasteiger partial charge is 0.490 e. The van der Waals surface area contributed by atoms with Gasteiger partial charge in [-0.2, -0.15) is 0 Å². The molecule has 11 heteroatoms.